The molecule has 33 heavy (non-hydrogen) atoms. The molecule has 0 radical (unpaired) electrons. The third-order valence-corrected chi connectivity index (χ3v) is 4.75. The van der Waals surface area contributed by atoms with Crippen LogP contribution in [-0.4, -0.2) is 31.4 Å². The number of aldehydes is 1. The Morgan fingerprint density at radius 1 is 0.758 bits per heavy atom. The summed E-state index contributed by atoms with van der Waals surface area (Å²) in [5.74, 6) is 0.179. The van der Waals surface area contributed by atoms with Crippen LogP contribution >= 0.6 is 0 Å². The van der Waals surface area contributed by atoms with E-state index in [4.69, 9.17) is 14.2 Å². The topological polar surface area (TPSA) is 78.9 Å². The molecule has 0 saturated heterocycles. The van der Waals surface area contributed by atoms with Crippen molar-refractivity contribution in [3.05, 3.63) is 96.6 Å². The summed E-state index contributed by atoms with van der Waals surface area (Å²) < 4.78 is 16.0. The highest BCUT2D eigenvalue weighted by atomic mass is 16.5. The van der Waals surface area contributed by atoms with Gasteiger partial charge >= 0.3 is 11.9 Å². The largest absolute Gasteiger partial charge is 0.494 e. The molecule has 0 aliphatic heterocycles. The summed E-state index contributed by atoms with van der Waals surface area (Å²) in [7, 11) is 0. The SMILES string of the molecule is C=CC(=O)OCCCCOc1ccc(C(=O)Oc2ccc(-c3ccc(C=O)cc3)cc2)cc1. The highest BCUT2D eigenvalue weighted by Crippen LogP contribution is 2.23. The lowest BCUT2D eigenvalue weighted by Crippen LogP contribution is -2.08. The maximum absolute atomic E-state index is 12.4. The molecule has 0 aliphatic rings. The molecule has 6 nitrogen and oxygen atoms in total. The van der Waals surface area contributed by atoms with Crippen LogP contribution < -0.4 is 9.47 Å². The van der Waals surface area contributed by atoms with Crippen molar-refractivity contribution in [3.8, 4) is 22.6 Å². The second-order valence-corrected chi connectivity index (χ2v) is 7.11. The van der Waals surface area contributed by atoms with Gasteiger partial charge < -0.3 is 14.2 Å². The van der Waals surface area contributed by atoms with Gasteiger partial charge in [0.05, 0.1) is 18.8 Å². The number of carbonyl (C=O) groups excluding carboxylic acids is 3. The van der Waals surface area contributed by atoms with Gasteiger partial charge in [0.25, 0.3) is 0 Å². The first-order valence-electron chi connectivity index (χ1n) is 10.5. The van der Waals surface area contributed by atoms with E-state index in [9.17, 15) is 14.4 Å². The van der Waals surface area contributed by atoms with Gasteiger partial charge in [0.1, 0.15) is 17.8 Å². The molecule has 0 bridgehead atoms. The molecule has 3 rings (SSSR count). The minimum Gasteiger partial charge on any atom is -0.494 e. The number of unbranched alkanes of at least 4 members (excludes halogenated alkanes) is 1. The third-order valence-electron chi connectivity index (χ3n) is 4.75. The van der Waals surface area contributed by atoms with E-state index in [1.807, 2.05) is 24.3 Å². The fraction of sp³-hybridized carbons (Fsp3) is 0.148. The number of carbonyl (C=O) groups is 3. The summed E-state index contributed by atoms with van der Waals surface area (Å²) >= 11 is 0. The van der Waals surface area contributed by atoms with Crippen molar-refractivity contribution < 1.29 is 28.6 Å². The number of rotatable bonds is 11. The van der Waals surface area contributed by atoms with Crippen LogP contribution in [0.4, 0.5) is 0 Å². The Bertz CT molecular complexity index is 1080. The molecule has 0 atom stereocenters. The summed E-state index contributed by atoms with van der Waals surface area (Å²) in [6.07, 6.45) is 3.35. The molecule has 168 valence electrons. The van der Waals surface area contributed by atoms with Gasteiger partial charge in [-0.3, -0.25) is 4.79 Å². The molecule has 0 aliphatic carbocycles. The van der Waals surface area contributed by atoms with Gasteiger partial charge in [0.15, 0.2) is 0 Å². The van der Waals surface area contributed by atoms with Gasteiger partial charge in [0, 0.05) is 11.6 Å². The molecule has 0 heterocycles. The molecule has 3 aromatic carbocycles. The summed E-state index contributed by atoms with van der Waals surface area (Å²) in [6.45, 7) is 4.13. The minimum atomic E-state index is -0.464. The van der Waals surface area contributed by atoms with Crippen molar-refractivity contribution >= 4 is 18.2 Å². The van der Waals surface area contributed by atoms with Crippen LogP contribution in [0.3, 0.4) is 0 Å². The van der Waals surface area contributed by atoms with Crippen molar-refractivity contribution in [3.63, 3.8) is 0 Å². The molecule has 0 amide bonds. The lowest BCUT2D eigenvalue weighted by Gasteiger charge is -2.08. The zero-order valence-electron chi connectivity index (χ0n) is 18.1. The molecule has 6 heteroatoms. The van der Waals surface area contributed by atoms with Crippen LogP contribution in [0.5, 0.6) is 11.5 Å². The Balaban J connectivity index is 1.46. The Hall–Kier alpha value is -4.19. The van der Waals surface area contributed by atoms with Crippen LogP contribution in [0.25, 0.3) is 11.1 Å². The molecule has 0 fully saturated rings. The van der Waals surface area contributed by atoms with Gasteiger partial charge in [-0.25, -0.2) is 9.59 Å². The molecule has 0 N–H and O–H groups in total. The van der Waals surface area contributed by atoms with Crippen LogP contribution in [0.1, 0.15) is 33.6 Å². The van der Waals surface area contributed by atoms with Crippen LogP contribution in [0.2, 0.25) is 0 Å². The first-order valence-corrected chi connectivity index (χ1v) is 10.5. The first kappa shape index (κ1) is 23.5. The predicted molar refractivity (Wildman–Crippen MR) is 125 cm³/mol. The lowest BCUT2D eigenvalue weighted by molar-refractivity contribution is -0.137. The molecule has 0 spiro atoms. The third kappa shape index (κ3) is 7.18. The predicted octanol–water partition coefficient (Wildman–Crippen LogP) is 5.27. The van der Waals surface area contributed by atoms with Crippen LogP contribution in [-0.2, 0) is 9.53 Å². The second kappa shape index (κ2) is 12.0. The first-order chi connectivity index (χ1) is 16.1. The fourth-order valence-electron chi connectivity index (χ4n) is 2.95. The number of hydrogen-bond acceptors (Lipinski definition) is 6. The second-order valence-electron chi connectivity index (χ2n) is 7.11. The molecule has 3 aromatic rings. The smallest absolute Gasteiger partial charge is 0.343 e. The average Bonchev–Trinajstić information content (AvgIpc) is 2.86. The highest BCUT2D eigenvalue weighted by molar-refractivity contribution is 5.91. The summed E-state index contributed by atoms with van der Waals surface area (Å²) in [5, 5.41) is 0. The van der Waals surface area contributed by atoms with E-state index in [2.05, 4.69) is 6.58 Å². The molecular formula is C27H24O6. The van der Waals surface area contributed by atoms with E-state index in [1.54, 1.807) is 48.5 Å². The van der Waals surface area contributed by atoms with E-state index < -0.39 is 11.9 Å². The van der Waals surface area contributed by atoms with Gasteiger partial charge in [-0.05, 0) is 60.4 Å². The molecular weight excluding hydrogens is 420 g/mol. The van der Waals surface area contributed by atoms with E-state index in [0.29, 0.717) is 42.3 Å². The summed E-state index contributed by atoms with van der Waals surface area (Å²) in [5.41, 5.74) is 2.94. The van der Waals surface area contributed by atoms with Crippen LogP contribution in [0, 0.1) is 0 Å². The van der Waals surface area contributed by atoms with E-state index >= 15 is 0 Å². The van der Waals surface area contributed by atoms with Crippen molar-refractivity contribution in [1.82, 2.24) is 0 Å². The van der Waals surface area contributed by atoms with E-state index in [1.165, 1.54) is 0 Å². The van der Waals surface area contributed by atoms with Crippen molar-refractivity contribution in [2.75, 3.05) is 13.2 Å². The quantitative estimate of drug-likeness (QED) is 0.132. The maximum atomic E-state index is 12.4. The number of esters is 2. The minimum absolute atomic E-state index is 0.326. The standard InChI is InChI=1S/C27H24O6/c1-2-26(29)32-18-4-3-17-31-24-13-11-23(12-14-24)27(30)33-25-15-9-22(10-16-25)21-7-5-20(19-28)6-8-21/h2,5-16,19H,1,3-4,17-18H2. The van der Waals surface area contributed by atoms with Gasteiger partial charge in [-0.2, -0.15) is 0 Å². The Labute approximate surface area is 192 Å². The van der Waals surface area contributed by atoms with Crippen molar-refractivity contribution in [2.24, 2.45) is 0 Å². The Morgan fingerprint density at radius 2 is 1.33 bits per heavy atom. The number of ether oxygens (including phenoxy) is 3. The number of hydrogen-bond donors (Lipinski definition) is 0. The molecule has 0 aromatic heterocycles. The Morgan fingerprint density at radius 3 is 1.94 bits per heavy atom. The fourth-order valence-corrected chi connectivity index (χ4v) is 2.95. The lowest BCUT2D eigenvalue weighted by atomic mass is 10.0. The highest BCUT2D eigenvalue weighted by Gasteiger charge is 2.09. The van der Waals surface area contributed by atoms with Crippen LogP contribution in [0.15, 0.2) is 85.5 Å². The zero-order chi connectivity index (χ0) is 23.5. The molecule has 0 unspecified atom stereocenters. The van der Waals surface area contributed by atoms with Crippen molar-refractivity contribution in [2.45, 2.75) is 12.8 Å². The normalized spacial score (nSPS) is 10.2. The van der Waals surface area contributed by atoms with E-state index in [0.717, 1.165) is 29.9 Å². The summed E-state index contributed by atoms with van der Waals surface area (Å²) in [4.78, 5) is 34.1. The number of benzene rings is 3. The zero-order valence-corrected chi connectivity index (χ0v) is 18.1. The maximum Gasteiger partial charge on any atom is 0.343 e. The molecule has 0 saturated carbocycles. The average molecular weight is 444 g/mol. The van der Waals surface area contributed by atoms with Gasteiger partial charge in [-0.1, -0.05) is 43.0 Å². The summed E-state index contributed by atoms with van der Waals surface area (Å²) in [6, 6.07) is 21.1. The van der Waals surface area contributed by atoms with Crippen molar-refractivity contribution in [1.29, 1.82) is 0 Å². The Kier molecular flexibility index (Phi) is 8.54. The monoisotopic (exact) mass is 444 g/mol. The van der Waals surface area contributed by atoms with Gasteiger partial charge in [0.2, 0.25) is 0 Å². The van der Waals surface area contributed by atoms with E-state index in [-0.39, 0.29) is 0 Å². The van der Waals surface area contributed by atoms with Gasteiger partial charge in [-0.15, -0.1) is 0 Å².